The Labute approximate surface area is 123 Å². The largest absolute Gasteiger partial charge is 0.329 e. The fourth-order valence-electron chi connectivity index (χ4n) is 2.63. The molecule has 1 saturated heterocycles. The van der Waals surface area contributed by atoms with Gasteiger partial charge in [0.25, 0.3) is 0 Å². The lowest BCUT2D eigenvalue weighted by Crippen LogP contribution is -2.58. The van der Waals surface area contributed by atoms with E-state index >= 15 is 0 Å². The predicted octanol–water partition coefficient (Wildman–Crippen LogP) is 1.74. The third-order valence-electron chi connectivity index (χ3n) is 3.80. The first kappa shape index (κ1) is 15.3. The lowest BCUT2D eigenvalue weighted by molar-refractivity contribution is 0.125. The number of hydrogen-bond acceptors (Lipinski definition) is 5. The van der Waals surface area contributed by atoms with Gasteiger partial charge in [-0.25, -0.2) is 8.42 Å². The summed E-state index contributed by atoms with van der Waals surface area (Å²) in [4.78, 5) is 3.20. The van der Waals surface area contributed by atoms with Gasteiger partial charge in [0.1, 0.15) is 0 Å². The van der Waals surface area contributed by atoms with Crippen LogP contribution in [0.3, 0.4) is 0 Å². The minimum Gasteiger partial charge on any atom is -0.329 e. The zero-order chi connectivity index (χ0) is 14.1. The van der Waals surface area contributed by atoms with Gasteiger partial charge in [-0.3, -0.25) is 4.90 Å². The molecule has 0 amide bonds. The van der Waals surface area contributed by atoms with Crippen LogP contribution in [0.1, 0.15) is 17.7 Å². The predicted molar refractivity (Wildman–Crippen MR) is 80.5 cm³/mol. The quantitative estimate of drug-likeness (QED) is 0.917. The molecule has 1 unspecified atom stereocenters. The molecule has 7 heteroatoms. The molecular weight excluding hydrogens is 304 g/mol. The first-order chi connectivity index (χ1) is 8.87. The fourth-order valence-corrected chi connectivity index (χ4v) is 5.80. The highest BCUT2D eigenvalue weighted by atomic mass is 35.5. The van der Waals surface area contributed by atoms with Crippen molar-refractivity contribution < 1.29 is 8.42 Å². The van der Waals surface area contributed by atoms with Gasteiger partial charge in [0.15, 0.2) is 9.84 Å². The summed E-state index contributed by atoms with van der Waals surface area (Å²) in [5.74, 6) is 0.444. The average molecular weight is 323 g/mol. The molecule has 1 aliphatic heterocycles. The van der Waals surface area contributed by atoms with Crippen molar-refractivity contribution in [2.24, 2.45) is 5.73 Å². The van der Waals surface area contributed by atoms with Gasteiger partial charge < -0.3 is 5.73 Å². The molecule has 4 nitrogen and oxygen atoms in total. The van der Waals surface area contributed by atoms with Gasteiger partial charge in [0, 0.05) is 23.5 Å². The van der Waals surface area contributed by atoms with Crippen LogP contribution in [-0.2, 0) is 16.4 Å². The molecule has 0 aliphatic carbocycles. The van der Waals surface area contributed by atoms with Crippen LogP contribution in [0.15, 0.2) is 12.1 Å². The first-order valence-electron chi connectivity index (χ1n) is 6.23. The molecule has 0 bridgehead atoms. The summed E-state index contributed by atoms with van der Waals surface area (Å²) in [6, 6.07) is 3.84. The number of hydrogen-bond donors (Lipinski definition) is 1. The van der Waals surface area contributed by atoms with Gasteiger partial charge in [-0.15, -0.1) is 11.3 Å². The Morgan fingerprint density at radius 1 is 1.53 bits per heavy atom. The van der Waals surface area contributed by atoms with E-state index in [-0.39, 0.29) is 11.5 Å². The van der Waals surface area contributed by atoms with E-state index in [2.05, 4.69) is 4.90 Å². The number of sulfone groups is 1. The molecule has 0 aromatic carbocycles. The van der Waals surface area contributed by atoms with Crippen LogP contribution in [-0.4, -0.2) is 44.0 Å². The molecule has 2 N–H and O–H groups in total. The van der Waals surface area contributed by atoms with E-state index in [9.17, 15) is 8.42 Å². The zero-order valence-corrected chi connectivity index (χ0v) is 13.3. The number of likely N-dealkylation sites (N-methyl/N-ethyl adjacent to an activating group) is 1. The van der Waals surface area contributed by atoms with E-state index in [0.29, 0.717) is 19.5 Å². The van der Waals surface area contributed by atoms with Crippen LogP contribution in [0.2, 0.25) is 4.34 Å². The molecule has 108 valence electrons. The van der Waals surface area contributed by atoms with Gasteiger partial charge >= 0.3 is 0 Å². The highest BCUT2D eigenvalue weighted by molar-refractivity contribution is 7.91. The Morgan fingerprint density at radius 2 is 2.26 bits per heavy atom. The van der Waals surface area contributed by atoms with E-state index in [1.54, 1.807) is 0 Å². The molecule has 2 rings (SSSR count). The normalized spacial score (nSPS) is 26.7. The lowest BCUT2D eigenvalue weighted by atomic mass is 9.93. The Morgan fingerprint density at radius 3 is 2.79 bits per heavy atom. The molecule has 19 heavy (non-hydrogen) atoms. The van der Waals surface area contributed by atoms with E-state index in [0.717, 1.165) is 15.6 Å². The second-order valence-corrected chi connectivity index (χ2v) is 9.17. The Hall–Kier alpha value is -0.140. The summed E-state index contributed by atoms with van der Waals surface area (Å²) in [5, 5.41) is 0. The minimum atomic E-state index is -2.98. The SMILES string of the molecule is CN(Cc1ccc(Cl)s1)C1(CN)CCCS(=O)(=O)C1. The third-order valence-corrected chi connectivity index (χ3v) is 6.90. The van der Waals surface area contributed by atoms with E-state index in [4.69, 9.17) is 17.3 Å². The van der Waals surface area contributed by atoms with Gasteiger partial charge in [-0.2, -0.15) is 0 Å². The highest BCUT2D eigenvalue weighted by Crippen LogP contribution is 2.30. The maximum absolute atomic E-state index is 11.9. The maximum atomic E-state index is 11.9. The summed E-state index contributed by atoms with van der Waals surface area (Å²) in [7, 11) is -1.03. The average Bonchev–Trinajstić information content (AvgIpc) is 2.73. The number of thiophene rings is 1. The molecule has 0 spiro atoms. The van der Waals surface area contributed by atoms with Crippen LogP contribution >= 0.6 is 22.9 Å². The van der Waals surface area contributed by atoms with Crippen LogP contribution in [0, 0.1) is 0 Å². The van der Waals surface area contributed by atoms with Crippen molar-refractivity contribution >= 4 is 32.8 Å². The summed E-state index contributed by atoms with van der Waals surface area (Å²) in [6.07, 6.45) is 1.52. The molecule has 1 fully saturated rings. The van der Waals surface area contributed by atoms with Crippen LogP contribution in [0.4, 0.5) is 0 Å². The Bertz CT molecular complexity index is 544. The summed E-state index contributed by atoms with van der Waals surface area (Å²) >= 11 is 7.45. The number of rotatable bonds is 4. The molecule has 1 aromatic rings. The van der Waals surface area contributed by atoms with Crippen LogP contribution in [0.5, 0.6) is 0 Å². The first-order valence-corrected chi connectivity index (χ1v) is 9.24. The Balaban J connectivity index is 2.16. The van der Waals surface area contributed by atoms with Gasteiger partial charge in [0.2, 0.25) is 0 Å². The van der Waals surface area contributed by atoms with E-state index < -0.39 is 15.4 Å². The summed E-state index contributed by atoms with van der Waals surface area (Å²) in [6.45, 7) is 1.05. The second-order valence-electron chi connectivity index (χ2n) is 5.19. The lowest BCUT2D eigenvalue weighted by Gasteiger charge is -2.43. The molecule has 1 atom stereocenters. The molecule has 0 radical (unpaired) electrons. The fraction of sp³-hybridized carbons (Fsp3) is 0.667. The van der Waals surface area contributed by atoms with E-state index in [1.807, 2.05) is 19.2 Å². The molecule has 1 aromatic heterocycles. The molecule has 2 heterocycles. The topological polar surface area (TPSA) is 63.4 Å². The standard InChI is InChI=1S/C12H19ClN2O2S2/c1-15(7-10-3-4-11(13)18-10)12(8-14)5-2-6-19(16,17)9-12/h3-4H,2,5-9,14H2,1H3. The van der Waals surface area contributed by atoms with Crippen molar-refractivity contribution in [1.29, 1.82) is 0 Å². The summed E-state index contributed by atoms with van der Waals surface area (Å²) < 4.78 is 24.5. The van der Waals surface area contributed by atoms with Crippen molar-refractivity contribution in [3.63, 3.8) is 0 Å². The number of nitrogens with two attached hydrogens (primary N) is 1. The third kappa shape index (κ3) is 3.49. The van der Waals surface area contributed by atoms with Crippen molar-refractivity contribution in [1.82, 2.24) is 4.90 Å². The Kier molecular flexibility index (Phi) is 4.57. The smallest absolute Gasteiger partial charge is 0.152 e. The zero-order valence-electron chi connectivity index (χ0n) is 10.9. The summed E-state index contributed by atoms with van der Waals surface area (Å²) in [5.41, 5.74) is 5.45. The number of nitrogens with zero attached hydrogens (tertiary/aromatic N) is 1. The molecule has 0 saturated carbocycles. The van der Waals surface area contributed by atoms with Gasteiger partial charge in [-0.1, -0.05) is 11.6 Å². The van der Waals surface area contributed by atoms with Crippen molar-refractivity contribution in [3.8, 4) is 0 Å². The van der Waals surface area contributed by atoms with Crippen molar-refractivity contribution in [2.45, 2.75) is 24.9 Å². The second kappa shape index (κ2) is 5.69. The monoisotopic (exact) mass is 322 g/mol. The molecular formula is C12H19ClN2O2S2. The van der Waals surface area contributed by atoms with Crippen molar-refractivity contribution in [2.75, 3.05) is 25.1 Å². The van der Waals surface area contributed by atoms with Crippen LogP contribution in [0.25, 0.3) is 0 Å². The van der Waals surface area contributed by atoms with Gasteiger partial charge in [0.05, 0.1) is 15.8 Å². The van der Waals surface area contributed by atoms with Crippen LogP contribution < -0.4 is 5.73 Å². The van der Waals surface area contributed by atoms with E-state index in [1.165, 1.54) is 11.3 Å². The van der Waals surface area contributed by atoms with Gasteiger partial charge in [-0.05, 0) is 32.0 Å². The minimum absolute atomic E-state index is 0.159. The number of halogens is 1. The molecule has 1 aliphatic rings. The van der Waals surface area contributed by atoms with Crippen molar-refractivity contribution in [3.05, 3.63) is 21.3 Å². The highest BCUT2D eigenvalue weighted by Gasteiger charge is 2.41. The maximum Gasteiger partial charge on any atom is 0.152 e.